The van der Waals surface area contributed by atoms with Crippen molar-refractivity contribution in [1.29, 1.82) is 0 Å². The van der Waals surface area contributed by atoms with Crippen molar-refractivity contribution in [3.8, 4) is 5.75 Å². The van der Waals surface area contributed by atoms with Crippen molar-refractivity contribution < 1.29 is 5.11 Å². The quantitative estimate of drug-likeness (QED) is 0.885. The van der Waals surface area contributed by atoms with Crippen molar-refractivity contribution in [3.63, 3.8) is 0 Å². The van der Waals surface area contributed by atoms with Crippen LogP contribution in [0, 0.1) is 0 Å². The Kier molecular flexibility index (Phi) is 4.36. The third-order valence-electron chi connectivity index (χ3n) is 3.84. The van der Waals surface area contributed by atoms with Crippen molar-refractivity contribution in [1.82, 2.24) is 9.88 Å². The van der Waals surface area contributed by atoms with Crippen LogP contribution >= 0.6 is 0 Å². The maximum atomic E-state index is 9.20. The van der Waals surface area contributed by atoms with E-state index in [1.165, 1.54) is 37.7 Å². The normalized spacial score (nSPS) is 15.2. The zero-order chi connectivity index (χ0) is 14.5. The number of aromatic nitrogens is 1. The highest BCUT2D eigenvalue weighted by molar-refractivity contribution is 5.44. The van der Waals surface area contributed by atoms with Gasteiger partial charge in [0.25, 0.3) is 0 Å². The molecule has 1 aromatic heterocycles. The summed E-state index contributed by atoms with van der Waals surface area (Å²) in [5.74, 6) is 0.199. The first-order valence-electron chi connectivity index (χ1n) is 7.49. The molecule has 1 aromatic carbocycles. The van der Waals surface area contributed by atoms with E-state index in [4.69, 9.17) is 0 Å². The number of hydrogen-bond donors (Lipinski definition) is 2. The summed E-state index contributed by atoms with van der Waals surface area (Å²) in [6.07, 6.45) is 4.13. The van der Waals surface area contributed by atoms with E-state index in [2.05, 4.69) is 39.5 Å². The van der Waals surface area contributed by atoms with Gasteiger partial charge in [0.2, 0.25) is 0 Å². The molecule has 0 amide bonds. The number of aromatic hydroxyl groups is 1. The van der Waals surface area contributed by atoms with E-state index in [9.17, 15) is 5.11 Å². The summed E-state index contributed by atoms with van der Waals surface area (Å²) < 4.78 is 0. The molecular formula is C17H21N3O. The van der Waals surface area contributed by atoms with Gasteiger partial charge < -0.3 is 10.4 Å². The number of pyridine rings is 1. The van der Waals surface area contributed by atoms with Gasteiger partial charge in [-0.15, -0.1) is 0 Å². The maximum Gasteiger partial charge on any atom is 0.133 e. The third-order valence-corrected chi connectivity index (χ3v) is 3.84. The first-order chi connectivity index (χ1) is 10.3. The molecule has 1 fully saturated rings. The van der Waals surface area contributed by atoms with Crippen LogP contribution in [0.5, 0.6) is 5.75 Å². The van der Waals surface area contributed by atoms with Crippen LogP contribution in [0.4, 0.5) is 5.69 Å². The van der Waals surface area contributed by atoms with Gasteiger partial charge in [-0.3, -0.25) is 9.88 Å². The van der Waals surface area contributed by atoms with Gasteiger partial charge in [0, 0.05) is 12.2 Å². The molecule has 0 saturated carbocycles. The molecule has 0 unspecified atom stereocenters. The van der Waals surface area contributed by atoms with Gasteiger partial charge in [-0.05, 0) is 55.8 Å². The van der Waals surface area contributed by atoms with Gasteiger partial charge >= 0.3 is 0 Å². The first kappa shape index (κ1) is 13.9. The lowest BCUT2D eigenvalue weighted by Gasteiger charge is -2.15. The highest BCUT2D eigenvalue weighted by Crippen LogP contribution is 2.16. The van der Waals surface area contributed by atoms with Gasteiger partial charge in [0.05, 0.1) is 18.4 Å². The standard InChI is InChI=1S/C17H21N3O/c21-17-8-7-16(19-12-17)11-18-15-5-3-14(4-6-15)13-20-9-1-2-10-20/h3-8,12,18,21H,1-2,9-11,13H2. The third kappa shape index (κ3) is 3.95. The van der Waals surface area contributed by atoms with E-state index < -0.39 is 0 Å². The van der Waals surface area contributed by atoms with Gasteiger partial charge in [0.15, 0.2) is 0 Å². The summed E-state index contributed by atoms with van der Waals surface area (Å²) in [7, 11) is 0. The molecule has 4 nitrogen and oxygen atoms in total. The summed E-state index contributed by atoms with van der Waals surface area (Å²) in [5, 5.41) is 12.5. The number of benzene rings is 1. The number of likely N-dealkylation sites (tertiary alicyclic amines) is 1. The monoisotopic (exact) mass is 283 g/mol. The Balaban J connectivity index is 1.52. The highest BCUT2D eigenvalue weighted by atomic mass is 16.3. The molecule has 21 heavy (non-hydrogen) atoms. The fourth-order valence-corrected chi connectivity index (χ4v) is 2.64. The van der Waals surface area contributed by atoms with E-state index in [0.29, 0.717) is 6.54 Å². The Hall–Kier alpha value is -2.07. The molecule has 2 aromatic rings. The topological polar surface area (TPSA) is 48.4 Å². The molecule has 2 heterocycles. The number of hydrogen-bond acceptors (Lipinski definition) is 4. The van der Waals surface area contributed by atoms with Crippen molar-refractivity contribution >= 4 is 5.69 Å². The van der Waals surface area contributed by atoms with Crippen LogP contribution in [0.25, 0.3) is 0 Å². The van der Waals surface area contributed by atoms with Gasteiger partial charge in [-0.1, -0.05) is 12.1 Å². The average Bonchev–Trinajstić information content (AvgIpc) is 3.01. The predicted octanol–water partition coefficient (Wildman–Crippen LogP) is 3.00. The molecule has 0 radical (unpaired) electrons. The van der Waals surface area contributed by atoms with Crippen molar-refractivity contribution in [2.45, 2.75) is 25.9 Å². The molecule has 0 atom stereocenters. The molecule has 3 rings (SSSR count). The van der Waals surface area contributed by atoms with E-state index in [-0.39, 0.29) is 5.75 Å². The molecule has 1 aliphatic heterocycles. The second-order valence-electron chi connectivity index (χ2n) is 5.54. The second kappa shape index (κ2) is 6.59. The van der Waals surface area contributed by atoms with Crippen LogP contribution < -0.4 is 5.32 Å². The van der Waals surface area contributed by atoms with Crippen LogP contribution in [-0.2, 0) is 13.1 Å². The molecule has 4 heteroatoms. The number of nitrogens with one attached hydrogen (secondary N) is 1. The molecule has 0 aliphatic carbocycles. The molecule has 2 N–H and O–H groups in total. The Bertz CT molecular complexity index is 560. The predicted molar refractivity (Wildman–Crippen MR) is 84.2 cm³/mol. The molecule has 1 aliphatic rings. The van der Waals surface area contributed by atoms with Gasteiger partial charge in [-0.2, -0.15) is 0 Å². The lowest BCUT2D eigenvalue weighted by molar-refractivity contribution is 0.331. The zero-order valence-corrected chi connectivity index (χ0v) is 12.1. The minimum Gasteiger partial charge on any atom is -0.506 e. The Labute approximate surface area is 125 Å². The van der Waals surface area contributed by atoms with Gasteiger partial charge in [-0.25, -0.2) is 0 Å². The smallest absolute Gasteiger partial charge is 0.133 e. The Morgan fingerprint density at radius 1 is 1.05 bits per heavy atom. The Morgan fingerprint density at radius 2 is 1.81 bits per heavy atom. The van der Waals surface area contributed by atoms with Crippen molar-refractivity contribution in [2.75, 3.05) is 18.4 Å². The highest BCUT2D eigenvalue weighted by Gasteiger charge is 2.11. The van der Waals surface area contributed by atoms with Crippen molar-refractivity contribution in [2.24, 2.45) is 0 Å². The molecule has 110 valence electrons. The Morgan fingerprint density at radius 3 is 2.48 bits per heavy atom. The summed E-state index contributed by atoms with van der Waals surface area (Å²) in [6.45, 7) is 4.17. The average molecular weight is 283 g/mol. The molecule has 1 saturated heterocycles. The van der Waals surface area contributed by atoms with E-state index in [1.807, 2.05) is 6.07 Å². The van der Waals surface area contributed by atoms with Crippen molar-refractivity contribution in [3.05, 3.63) is 53.9 Å². The van der Waals surface area contributed by atoms with E-state index in [0.717, 1.165) is 17.9 Å². The number of rotatable bonds is 5. The largest absolute Gasteiger partial charge is 0.506 e. The minimum atomic E-state index is 0.199. The maximum absolute atomic E-state index is 9.20. The minimum absolute atomic E-state index is 0.199. The van der Waals surface area contributed by atoms with Crippen LogP contribution in [-0.4, -0.2) is 28.1 Å². The summed E-state index contributed by atoms with van der Waals surface area (Å²) >= 11 is 0. The fraction of sp³-hybridized carbons (Fsp3) is 0.353. The van der Waals surface area contributed by atoms with Gasteiger partial charge in [0.1, 0.15) is 5.75 Å². The fourth-order valence-electron chi connectivity index (χ4n) is 2.64. The molecule has 0 spiro atoms. The summed E-state index contributed by atoms with van der Waals surface area (Å²) in [4.78, 5) is 6.66. The number of nitrogens with zero attached hydrogens (tertiary/aromatic N) is 2. The first-order valence-corrected chi connectivity index (χ1v) is 7.49. The SMILES string of the molecule is Oc1ccc(CNc2ccc(CN3CCCC3)cc2)nc1. The summed E-state index contributed by atoms with van der Waals surface area (Å²) in [5.41, 5.74) is 3.37. The lowest BCUT2D eigenvalue weighted by Crippen LogP contribution is -2.18. The van der Waals surface area contributed by atoms with Crippen LogP contribution in [0.2, 0.25) is 0 Å². The number of anilines is 1. The van der Waals surface area contributed by atoms with E-state index in [1.54, 1.807) is 6.07 Å². The summed E-state index contributed by atoms with van der Waals surface area (Å²) in [6, 6.07) is 12.1. The van der Waals surface area contributed by atoms with Crippen LogP contribution in [0.15, 0.2) is 42.6 Å². The second-order valence-corrected chi connectivity index (χ2v) is 5.54. The van der Waals surface area contributed by atoms with E-state index >= 15 is 0 Å². The van der Waals surface area contributed by atoms with Crippen LogP contribution in [0.3, 0.4) is 0 Å². The zero-order valence-electron chi connectivity index (χ0n) is 12.1. The molecule has 0 bridgehead atoms. The lowest BCUT2D eigenvalue weighted by atomic mass is 10.2. The molecular weight excluding hydrogens is 262 g/mol. The van der Waals surface area contributed by atoms with Crippen LogP contribution in [0.1, 0.15) is 24.1 Å².